The smallest absolute Gasteiger partial charge is 0.411 e. The van der Waals surface area contributed by atoms with Crippen LogP contribution in [0.4, 0.5) is 4.79 Å². The highest BCUT2D eigenvalue weighted by Crippen LogP contribution is 2.34. The zero-order valence-corrected chi connectivity index (χ0v) is 24.0. The van der Waals surface area contributed by atoms with E-state index in [1.165, 1.54) is 4.90 Å². The van der Waals surface area contributed by atoms with E-state index in [0.717, 1.165) is 46.6 Å². The predicted molar refractivity (Wildman–Crippen MR) is 155 cm³/mol. The predicted octanol–water partition coefficient (Wildman–Crippen LogP) is 5.64. The van der Waals surface area contributed by atoms with Gasteiger partial charge in [-0.15, -0.1) is 6.58 Å². The van der Waals surface area contributed by atoms with Gasteiger partial charge in [0.15, 0.2) is 0 Å². The summed E-state index contributed by atoms with van der Waals surface area (Å²) >= 11 is 0. The fraction of sp³-hybridized carbons (Fsp3) is 0.419. The summed E-state index contributed by atoms with van der Waals surface area (Å²) in [6.45, 7) is 12.9. The number of hydrogen-bond acceptors (Lipinski definition) is 8. The summed E-state index contributed by atoms with van der Waals surface area (Å²) in [5.41, 5.74) is 3.13. The zero-order valence-electron chi connectivity index (χ0n) is 24.0. The van der Waals surface area contributed by atoms with Gasteiger partial charge in [-0.25, -0.2) is 9.78 Å². The van der Waals surface area contributed by atoms with Crippen molar-refractivity contribution in [2.45, 2.75) is 71.2 Å². The molecule has 1 N–H and O–H groups in total. The van der Waals surface area contributed by atoms with Crippen LogP contribution in [-0.4, -0.2) is 60.6 Å². The van der Waals surface area contributed by atoms with Crippen molar-refractivity contribution in [1.29, 1.82) is 0 Å². The summed E-state index contributed by atoms with van der Waals surface area (Å²) in [6.07, 6.45) is 2.56. The maximum atomic E-state index is 12.7. The number of imidazole rings is 1. The van der Waals surface area contributed by atoms with Crippen LogP contribution in [0.3, 0.4) is 0 Å². The van der Waals surface area contributed by atoms with Crippen molar-refractivity contribution in [2.75, 3.05) is 13.2 Å². The first-order valence-electron chi connectivity index (χ1n) is 13.9. The molecule has 10 nitrogen and oxygen atoms in total. The molecule has 1 fully saturated rings. The van der Waals surface area contributed by atoms with Gasteiger partial charge in [0.05, 0.1) is 23.7 Å². The number of rotatable bonds is 9. The molecule has 0 unspecified atom stereocenters. The number of fused-ring (bicyclic) bond motifs is 1. The Bertz CT molecular complexity index is 1540. The number of carbonyl (C=O) groups excluding carboxylic acids is 1. The Kier molecular flexibility index (Phi) is 8.12. The molecule has 3 heterocycles. The van der Waals surface area contributed by atoms with Crippen molar-refractivity contribution in [3.05, 3.63) is 72.4 Å². The lowest BCUT2D eigenvalue weighted by atomic mass is 10.1. The fourth-order valence-corrected chi connectivity index (χ4v) is 5.08. The fourth-order valence-electron chi connectivity index (χ4n) is 5.08. The van der Waals surface area contributed by atoms with E-state index in [1.54, 1.807) is 20.8 Å². The molecule has 1 aliphatic rings. The van der Waals surface area contributed by atoms with Crippen molar-refractivity contribution in [3.63, 3.8) is 0 Å². The van der Waals surface area contributed by atoms with Crippen molar-refractivity contribution in [3.8, 4) is 17.1 Å². The number of nitrogens with zero attached hydrogens (tertiary/aromatic N) is 5. The highest BCUT2D eigenvalue weighted by molar-refractivity contribution is 5.76. The Morgan fingerprint density at radius 2 is 2.02 bits per heavy atom. The number of aromatic nitrogens is 4. The average Bonchev–Trinajstić information content (AvgIpc) is 3.64. The third-order valence-corrected chi connectivity index (χ3v) is 6.97. The van der Waals surface area contributed by atoms with Gasteiger partial charge in [0.25, 0.3) is 5.89 Å². The standard InChI is InChI=1S/C31H37N5O5/c1-6-16-35-23-11-8-7-10-22(23)32-26(35)12-9-18-39-25-14-13-21(19-20(25)2)28-33-29(41-34-28)27-24(37)15-17-36(27)30(38)40-31(3,4)5/h6-8,10-11,13-14,19,24,27,37H,1,9,12,15-18H2,2-5H3/t24-,27-/m0/s1. The van der Waals surface area contributed by atoms with E-state index < -0.39 is 23.8 Å². The Labute approximate surface area is 239 Å². The molecule has 1 amide bonds. The molecule has 10 heteroatoms. The molecule has 0 aliphatic carbocycles. The first-order chi connectivity index (χ1) is 19.6. The number of allylic oxidation sites excluding steroid dienone is 1. The monoisotopic (exact) mass is 559 g/mol. The minimum absolute atomic E-state index is 0.177. The van der Waals surface area contributed by atoms with Crippen LogP contribution in [0.5, 0.6) is 5.75 Å². The van der Waals surface area contributed by atoms with Crippen molar-refractivity contribution >= 4 is 17.1 Å². The van der Waals surface area contributed by atoms with Crippen LogP contribution in [0.25, 0.3) is 22.4 Å². The second-order valence-electron chi connectivity index (χ2n) is 11.3. The van der Waals surface area contributed by atoms with E-state index in [0.29, 0.717) is 31.9 Å². The van der Waals surface area contributed by atoms with Crippen LogP contribution >= 0.6 is 0 Å². The van der Waals surface area contributed by atoms with Crippen LogP contribution in [0.15, 0.2) is 59.6 Å². The molecule has 216 valence electrons. The number of likely N-dealkylation sites (tertiary alicyclic amines) is 1. The lowest BCUT2D eigenvalue weighted by Crippen LogP contribution is -2.38. The zero-order chi connectivity index (χ0) is 29.1. The highest BCUT2D eigenvalue weighted by Gasteiger charge is 2.42. The maximum absolute atomic E-state index is 12.7. The van der Waals surface area contributed by atoms with E-state index >= 15 is 0 Å². The minimum Gasteiger partial charge on any atom is -0.493 e. The third kappa shape index (κ3) is 6.27. The molecule has 4 aromatic rings. The molecule has 5 rings (SSSR count). The van der Waals surface area contributed by atoms with Crippen LogP contribution in [0, 0.1) is 6.92 Å². The van der Waals surface area contributed by atoms with Gasteiger partial charge in [0, 0.05) is 25.1 Å². The van der Waals surface area contributed by atoms with Crippen LogP contribution < -0.4 is 4.74 Å². The maximum Gasteiger partial charge on any atom is 0.411 e. The lowest BCUT2D eigenvalue weighted by molar-refractivity contribution is 0.0107. The van der Waals surface area contributed by atoms with Crippen molar-refractivity contribution in [2.24, 2.45) is 0 Å². The summed E-state index contributed by atoms with van der Waals surface area (Å²) in [7, 11) is 0. The molecule has 1 saturated heterocycles. The molecule has 2 atom stereocenters. The topological polar surface area (TPSA) is 116 Å². The Morgan fingerprint density at radius 1 is 1.22 bits per heavy atom. The Balaban J connectivity index is 1.22. The number of aryl methyl sites for hydroxylation is 2. The molecule has 2 aromatic heterocycles. The van der Waals surface area contributed by atoms with Gasteiger partial charge in [0.1, 0.15) is 23.2 Å². The van der Waals surface area contributed by atoms with E-state index in [9.17, 15) is 9.90 Å². The quantitative estimate of drug-likeness (QED) is 0.207. The average molecular weight is 560 g/mol. The SMILES string of the molecule is C=CCn1c(CCCOc2ccc(-c3noc([C@@H]4[C@@H](O)CCN4C(=O)OC(C)(C)C)n3)cc2C)nc2ccccc21. The van der Waals surface area contributed by atoms with Gasteiger partial charge in [-0.2, -0.15) is 4.98 Å². The summed E-state index contributed by atoms with van der Waals surface area (Å²) < 4.78 is 19.3. The number of hydrogen-bond donors (Lipinski definition) is 1. The second-order valence-corrected chi connectivity index (χ2v) is 11.3. The van der Waals surface area contributed by atoms with Gasteiger partial charge in [-0.3, -0.25) is 4.90 Å². The lowest BCUT2D eigenvalue weighted by Gasteiger charge is -2.27. The normalized spacial score (nSPS) is 17.2. The summed E-state index contributed by atoms with van der Waals surface area (Å²) in [4.78, 5) is 23.5. The number of amides is 1. The highest BCUT2D eigenvalue weighted by atomic mass is 16.6. The molecular weight excluding hydrogens is 522 g/mol. The van der Waals surface area contributed by atoms with Crippen LogP contribution in [-0.2, 0) is 17.7 Å². The largest absolute Gasteiger partial charge is 0.493 e. The summed E-state index contributed by atoms with van der Waals surface area (Å²) in [5, 5.41) is 14.7. The summed E-state index contributed by atoms with van der Waals surface area (Å²) in [6, 6.07) is 13.1. The molecule has 0 radical (unpaired) electrons. The molecular formula is C31H37N5O5. The van der Waals surface area contributed by atoms with E-state index in [2.05, 4.69) is 27.4 Å². The number of aliphatic hydroxyl groups is 1. The Morgan fingerprint density at radius 3 is 2.78 bits per heavy atom. The second kappa shape index (κ2) is 11.7. The number of para-hydroxylation sites is 2. The number of benzene rings is 2. The molecule has 41 heavy (non-hydrogen) atoms. The van der Waals surface area contributed by atoms with Gasteiger partial charge < -0.3 is 23.7 Å². The number of ether oxygens (including phenoxy) is 2. The molecule has 1 aliphatic heterocycles. The third-order valence-electron chi connectivity index (χ3n) is 6.97. The van der Waals surface area contributed by atoms with Crippen LogP contribution in [0.1, 0.15) is 56.9 Å². The van der Waals surface area contributed by atoms with E-state index in [1.807, 2.05) is 49.4 Å². The van der Waals surface area contributed by atoms with Gasteiger partial charge in [-0.05, 0) is 76.4 Å². The minimum atomic E-state index is -0.818. The number of aliphatic hydroxyl groups excluding tert-OH is 1. The summed E-state index contributed by atoms with van der Waals surface area (Å²) in [5.74, 6) is 2.35. The Hall–Kier alpha value is -4.18. The molecule has 2 aromatic carbocycles. The molecule has 0 saturated carbocycles. The van der Waals surface area contributed by atoms with E-state index in [-0.39, 0.29) is 5.89 Å². The van der Waals surface area contributed by atoms with Crippen LogP contribution in [0.2, 0.25) is 0 Å². The molecule has 0 spiro atoms. The van der Waals surface area contributed by atoms with E-state index in [4.69, 9.17) is 19.0 Å². The first-order valence-corrected chi connectivity index (χ1v) is 13.9. The van der Waals surface area contributed by atoms with Crippen molar-refractivity contribution < 1.29 is 23.9 Å². The van der Waals surface area contributed by atoms with Gasteiger partial charge in [0.2, 0.25) is 5.82 Å². The van der Waals surface area contributed by atoms with Gasteiger partial charge in [-0.1, -0.05) is 23.4 Å². The van der Waals surface area contributed by atoms with Gasteiger partial charge >= 0.3 is 6.09 Å². The molecule has 0 bridgehead atoms. The first kappa shape index (κ1) is 28.4. The number of carbonyl (C=O) groups is 1. The van der Waals surface area contributed by atoms with Crippen molar-refractivity contribution in [1.82, 2.24) is 24.6 Å².